The number of rotatable bonds is 2. The molecular weight excluding hydrogens is 321 g/mol. The van der Waals surface area contributed by atoms with Crippen LogP contribution in [0.4, 0.5) is 0 Å². The van der Waals surface area contributed by atoms with Crippen LogP contribution in [-0.4, -0.2) is 31.0 Å². The number of hydrogen-bond acceptors (Lipinski definition) is 3. The maximum Gasteiger partial charge on any atom is 0.186 e. The lowest BCUT2D eigenvalue weighted by Crippen LogP contribution is -2.34. The smallest absolute Gasteiger partial charge is 0.186 e. The van der Waals surface area contributed by atoms with Gasteiger partial charge in [-0.15, -0.1) is 24.0 Å². The third kappa shape index (κ3) is 3.46. The lowest BCUT2D eigenvalue weighted by molar-refractivity contribution is -0.186. The van der Waals surface area contributed by atoms with Crippen molar-refractivity contribution in [2.75, 3.05) is 13.2 Å². The molecular formula is C10H20IN3O2. The third-order valence-electron chi connectivity index (χ3n) is 3.01. The average Bonchev–Trinajstić information content (AvgIpc) is 2.60. The van der Waals surface area contributed by atoms with Crippen molar-refractivity contribution < 1.29 is 9.47 Å². The molecule has 2 fully saturated rings. The van der Waals surface area contributed by atoms with Crippen molar-refractivity contribution in [3.63, 3.8) is 0 Å². The molecule has 5 nitrogen and oxygen atoms in total. The summed E-state index contributed by atoms with van der Waals surface area (Å²) < 4.78 is 11.7. The van der Waals surface area contributed by atoms with Gasteiger partial charge in [-0.25, -0.2) is 0 Å². The molecule has 0 bridgehead atoms. The lowest BCUT2D eigenvalue weighted by atomic mass is 9.94. The van der Waals surface area contributed by atoms with Crippen molar-refractivity contribution in [1.29, 1.82) is 0 Å². The minimum atomic E-state index is -0.318. The van der Waals surface area contributed by atoms with E-state index in [0.717, 1.165) is 12.8 Å². The predicted octanol–water partition coefficient (Wildman–Crippen LogP) is 0.954. The van der Waals surface area contributed by atoms with Gasteiger partial charge in [0, 0.05) is 12.8 Å². The molecule has 4 N–H and O–H groups in total. The van der Waals surface area contributed by atoms with E-state index in [0.29, 0.717) is 13.2 Å². The van der Waals surface area contributed by atoms with E-state index in [-0.39, 0.29) is 41.8 Å². The summed E-state index contributed by atoms with van der Waals surface area (Å²) in [5, 5.41) is 0. The molecule has 16 heavy (non-hydrogen) atoms. The minimum absolute atomic E-state index is 0. The Morgan fingerprint density at radius 2 is 1.94 bits per heavy atom. The van der Waals surface area contributed by atoms with Gasteiger partial charge in [0.05, 0.1) is 13.2 Å². The number of hydrogen-bond donors (Lipinski definition) is 2. The zero-order chi connectivity index (χ0) is 10.7. The Bertz CT molecular complexity index is 250. The Labute approximate surface area is 113 Å². The van der Waals surface area contributed by atoms with Gasteiger partial charge in [0.15, 0.2) is 11.7 Å². The van der Waals surface area contributed by atoms with Crippen LogP contribution in [0.25, 0.3) is 0 Å². The summed E-state index contributed by atoms with van der Waals surface area (Å²) in [7, 11) is 0. The largest absolute Gasteiger partial charge is 0.370 e. The zero-order valence-corrected chi connectivity index (χ0v) is 11.7. The van der Waals surface area contributed by atoms with Crippen LogP contribution in [0.15, 0.2) is 4.99 Å². The number of nitrogens with two attached hydrogens (primary N) is 2. The fourth-order valence-corrected chi connectivity index (χ4v) is 2.27. The second-order valence-corrected chi connectivity index (χ2v) is 4.29. The van der Waals surface area contributed by atoms with Crippen LogP contribution < -0.4 is 11.5 Å². The van der Waals surface area contributed by atoms with Gasteiger partial charge in [-0.05, 0) is 12.8 Å². The monoisotopic (exact) mass is 341 g/mol. The van der Waals surface area contributed by atoms with Crippen molar-refractivity contribution >= 4 is 29.9 Å². The summed E-state index contributed by atoms with van der Waals surface area (Å²) in [6.07, 6.45) is 5.69. The highest BCUT2D eigenvalue weighted by Crippen LogP contribution is 2.37. The standard InChI is InChI=1S/C10H19N3O2.HI/c11-9(12)13-6-8-7-14-10(15-8)4-2-1-3-5-10;/h8H,1-7H2,(H4,11,12,13);1H. The molecule has 1 saturated carbocycles. The van der Waals surface area contributed by atoms with Gasteiger partial charge in [0.1, 0.15) is 6.10 Å². The molecule has 0 aromatic rings. The minimum Gasteiger partial charge on any atom is -0.370 e. The van der Waals surface area contributed by atoms with Gasteiger partial charge >= 0.3 is 0 Å². The first-order valence-corrected chi connectivity index (χ1v) is 5.57. The summed E-state index contributed by atoms with van der Waals surface area (Å²) in [6.45, 7) is 1.11. The number of ether oxygens (including phenoxy) is 2. The molecule has 0 aromatic carbocycles. The maximum atomic E-state index is 5.90. The molecule has 0 amide bonds. The first kappa shape index (κ1) is 14.0. The molecule has 1 aliphatic carbocycles. The number of nitrogens with zero attached hydrogens (tertiary/aromatic N) is 1. The van der Waals surface area contributed by atoms with E-state index in [2.05, 4.69) is 4.99 Å². The summed E-state index contributed by atoms with van der Waals surface area (Å²) in [6, 6.07) is 0. The molecule has 1 saturated heterocycles. The highest BCUT2D eigenvalue weighted by atomic mass is 127. The van der Waals surface area contributed by atoms with E-state index in [1.807, 2.05) is 0 Å². The highest BCUT2D eigenvalue weighted by Gasteiger charge is 2.41. The van der Waals surface area contributed by atoms with Crippen molar-refractivity contribution in [2.24, 2.45) is 16.5 Å². The fraction of sp³-hybridized carbons (Fsp3) is 0.900. The van der Waals surface area contributed by atoms with Gasteiger partial charge in [-0.1, -0.05) is 6.42 Å². The molecule has 1 aliphatic heterocycles. The van der Waals surface area contributed by atoms with E-state index in [4.69, 9.17) is 20.9 Å². The second-order valence-electron chi connectivity index (χ2n) is 4.29. The Morgan fingerprint density at radius 3 is 2.56 bits per heavy atom. The Morgan fingerprint density at radius 1 is 1.25 bits per heavy atom. The van der Waals surface area contributed by atoms with Crippen LogP contribution in [-0.2, 0) is 9.47 Å². The van der Waals surface area contributed by atoms with Crippen LogP contribution in [0.5, 0.6) is 0 Å². The van der Waals surface area contributed by atoms with Gasteiger partial charge in [0.25, 0.3) is 0 Å². The van der Waals surface area contributed by atoms with Crippen molar-refractivity contribution in [3.05, 3.63) is 0 Å². The van der Waals surface area contributed by atoms with Gasteiger partial charge in [-0.3, -0.25) is 4.99 Å². The normalized spacial score (nSPS) is 27.4. The SMILES string of the molecule is I.NC(N)=NCC1COC2(CCCCC2)O1. The fourth-order valence-electron chi connectivity index (χ4n) is 2.27. The molecule has 1 atom stereocenters. The zero-order valence-electron chi connectivity index (χ0n) is 9.35. The van der Waals surface area contributed by atoms with Crippen LogP contribution in [0.3, 0.4) is 0 Å². The molecule has 1 spiro atoms. The molecule has 2 aliphatic rings. The molecule has 1 unspecified atom stereocenters. The van der Waals surface area contributed by atoms with E-state index in [1.54, 1.807) is 0 Å². The Hall–Kier alpha value is -0.0800. The molecule has 94 valence electrons. The number of guanidine groups is 1. The quantitative estimate of drug-likeness (QED) is 0.445. The summed E-state index contributed by atoms with van der Waals surface area (Å²) >= 11 is 0. The molecule has 1 heterocycles. The van der Waals surface area contributed by atoms with E-state index < -0.39 is 0 Å². The summed E-state index contributed by atoms with van der Waals surface area (Å²) in [5.41, 5.74) is 10.5. The first-order valence-electron chi connectivity index (χ1n) is 5.57. The average molecular weight is 341 g/mol. The van der Waals surface area contributed by atoms with Crippen molar-refractivity contribution in [3.8, 4) is 0 Å². The van der Waals surface area contributed by atoms with E-state index in [1.165, 1.54) is 19.3 Å². The van der Waals surface area contributed by atoms with Gasteiger partial charge < -0.3 is 20.9 Å². The van der Waals surface area contributed by atoms with Crippen molar-refractivity contribution in [1.82, 2.24) is 0 Å². The topological polar surface area (TPSA) is 82.9 Å². The summed E-state index contributed by atoms with van der Waals surface area (Å²) in [5.74, 6) is -0.204. The van der Waals surface area contributed by atoms with E-state index in [9.17, 15) is 0 Å². The van der Waals surface area contributed by atoms with Crippen LogP contribution in [0.1, 0.15) is 32.1 Å². The highest BCUT2D eigenvalue weighted by molar-refractivity contribution is 14.0. The number of aliphatic imine (C=N–C) groups is 1. The first-order chi connectivity index (χ1) is 7.20. The molecule has 6 heteroatoms. The summed E-state index contributed by atoms with van der Waals surface area (Å²) in [4.78, 5) is 3.95. The Kier molecular flexibility index (Phi) is 5.26. The third-order valence-corrected chi connectivity index (χ3v) is 3.01. The Balaban J connectivity index is 0.00000128. The van der Waals surface area contributed by atoms with Gasteiger partial charge in [0.2, 0.25) is 0 Å². The maximum absolute atomic E-state index is 5.90. The number of halogens is 1. The predicted molar refractivity (Wildman–Crippen MR) is 72.7 cm³/mol. The second kappa shape index (κ2) is 6.02. The molecule has 2 rings (SSSR count). The van der Waals surface area contributed by atoms with E-state index >= 15 is 0 Å². The van der Waals surface area contributed by atoms with Gasteiger partial charge in [-0.2, -0.15) is 0 Å². The lowest BCUT2D eigenvalue weighted by Gasteiger charge is -2.31. The van der Waals surface area contributed by atoms with Crippen molar-refractivity contribution in [2.45, 2.75) is 44.0 Å². The molecule has 0 aromatic heterocycles. The molecule has 0 radical (unpaired) electrons. The van der Waals surface area contributed by atoms with Crippen LogP contribution >= 0.6 is 24.0 Å². The van der Waals surface area contributed by atoms with Crippen LogP contribution in [0, 0.1) is 0 Å². The van der Waals surface area contributed by atoms with Crippen LogP contribution in [0.2, 0.25) is 0 Å².